The molecule has 19 heavy (non-hydrogen) atoms. The van der Waals surface area contributed by atoms with Crippen molar-refractivity contribution in [1.29, 1.82) is 0 Å². The summed E-state index contributed by atoms with van der Waals surface area (Å²) in [6, 6.07) is 7.37. The second kappa shape index (κ2) is 5.45. The molecule has 0 spiro atoms. The van der Waals surface area contributed by atoms with Crippen LogP contribution in [0, 0.1) is 0 Å². The van der Waals surface area contributed by atoms with Crippen molar-refractivity contribution in [3.63, 3.8) is 0 Å². The summed E-state index contributed by atoms with van der Waals surface area (Å²) in [5.41, 5.74) is 6.49. The first-order valence-corrected chi connectivity index (χ1v) is 6.51. The summed E-state index contributed by atoms with van der Waals surface area (Å²) in [4.78, 5) is 13.7. The van der Waals surface area contributed by atoms with E-state index in [0.29, 0.717) is 18.8 Å². The molecule has 1 saturated heterocycles. The molecule has 4 heteroatoms. The molecule has 1 atom stereocenters. The maximum Gasteiger partial charge on any atom is 0.246 e. The van der Waals surface area contributed by atoms with E-state index in [1.165, 1.54) is 6.08 Å². The number of benzene rings is 1. The smallest absolute Gasteiger partial charge is 0.246 e. The van der Waals surface area contributed by atoms with E-state index < -0.39 is 5.60 Å². The van der Waals surface area contributed by atoms with Crippen LogP contribution in [0.25, 0.3) is 6.08 Å². The van der Waals surface area contributed by atoms with Crippen LogP contribution < -0.4 is 5.73 Å². The van der Waals surface area contributed by atoms with Crippen LogP contribution in [0.15, 0.2) is 30.3 Å². The maximum absolute atomic E-state index is 12.0. The molecular formula is C15H20N2O2. The Hall–Kier alpha value is -1.81. The summed E-state index contributed by atoms with van der Waals surface area (Å²) in [6.45, 7) is 2.87. The van der Waals surface area contributed by atoms with Crippen molar-refractivity contribution >= 4 is 17.7 Å². The number of β-amino-alcohol motifs (C(OH)–C–C–N with tert-alkyl or cyclic N) is 1. The van der Waals surface area contributed by atoms with Gasteiger partial charge in [-0.1, -0.05) is 12.1 Å². The number of piperidine rings is 1. The van der Waals surface area contributed by atoms with Crippen LogP contribution in [0.4, 0.5) is 5.69 Å². The predicted octanol–water partition coefficient (Wildman–Crippen LogP) is 1.66. The molecule has 1 aliphatic heterocycles. The van der Waals surface area contributed by atoms with Gasteiger partial charge in [-0.15, -0.1) is 0 Å². The van der Waals surface area contributed by atoms with Crippen molar-refractivity contribution in [1.82, 2.24) is 4.90 Å². The molecule has 0 bridgehead atoms. The van der Waals surface area contributed by atoms with E-state index >= 15 is 0 Å². The van der Waals surface area contributed by atoms with Crippen LogP contribution in [0.1, 0.15) is 25.3 Å². The molecule has 1 aromatic carbocycles. The highest BCUT2D eigenvalue weighted by atomic mass is 16.3. The van der Waals surface area contributed by atoms with Crippen molar-refractivity contribution in [2.45, 2.75) is 25.4 Å². The van der Waals surface area contributed by atoms with Gasteiger partial charge in [0, 0.05) is 24.9 Å². The second-order valence-electron chi connectivity index (χ2n) is 5.36. The van der Waals surface area contributed by atoms with Crippen molar-refractivity contribution in [3.05, 3.63) is 35.9 Å². The Bertz CT molecular complexity index is 495. The van der Waals surface area contributed by atoms with Crippen molar-refractivity contribution in [3.8, 4) is 0 Å². The first-order valence-electron chi connectivity index (χ1n) is 6.51. The fraction of sp³-hybridized carbons (Fsp3) is 0.400. The Morgan fingerprint density at radius 3 is 3.00 bits per heavy atom. The third kappa shape index (κ3) is 3.83. The third-order valence-corrected chi connectivity index (χ3v) is 3.32. The van der Waals surface area contributed by atoms with Crippen LogP contribution in [-0.2, 0) is 4.79 Å². The number of amides is 1. The fourth-order valence-corrected chi connectivity index (χ4v) is 2.34. The number of carbonyl (C=O) groups excluding carboxylic acids is 1. The highest BCUT2D eigenvalue weighted by Gasteiger charge is 2.29. The van der Waals surface area contributed by atoms with Gasteiger partial charge in [-0.2, -0.15) is 0 Å². The van der Waals surface area contributed by atoms with Crippen molar-refractivity contribution in [2.24, 2.45) is 0 Å². The SMILES string of the molecule is CC1(O)CCCN(C(=O)/C=C/c2cccc(N)c2)C1. The summed E-state index contributed by atoms with van der Waals surface area (Å²) in [5.74, 6) is -0.0672. The predicted molar refractivity (Wildman–Crippen MR) is 76.3 cm³/mol. The first kappa shape index (κ1) is 13.6. The molecule has 3 N–H and O–H groups in total. The van der Waals surface area contributed by atoms with Crippen molar-refractivity contribution < 1.29 is 9.90 Å². The highest BCUT2D eigenvalue weighted by molar-refractivity contribution is 5.92. The minimum absolute atomic E-state index is 0.0672. The fourth-order valence-electron chi connectivity index (χ4n) is 2.34. The number of aliphatic hydroxyl groups is 1. The van der Waals surface area contributed by atoms with Crippen LogP contribution in [-0.4, -0.2) is 34.6 Å². The van der Waals surface area contributed by atoms with Gasteiger partial charge in [0.2, 0.25) is 5.91 Å². The Labute approximate surface area is 113 Å². The number of hydrogen-bond donors (Lipinski definition) is 2. The van der Waals surface area contributed by atoms with Crippen LogP contribution >= 0.6 is 0 Å². The summed E-state index contributed by atoms with van der Waals surface area (Å²) < 4.78 is 0. The minimum Gasteiger partial charge on any atom is -0.399 e. The van der Waals surface area contributed by atoms with Crippen LogP contribution in [0.2, 0.25) is 0 Å². The Morgan fingerprint density at radius 1 is 1.53 bits per heavy atom. The lowest BCUT2D eigenvalue weighted by Crippen LogP contribution is -2.48. The zero-order valence-corrected chi connectivity index (χ0v) is 11.2. The number of anilines is 1. The van der Waals surface area contributed by atoms with E-state index in [-0.39, 0.29) is 5.91 Å². The van der Waals surface area contributed by atoms with E-state index in [4.69, 9.17) is 5.73 Å². The largest absolute Gasteiger partial charge is 0.399 e. The molecule has 0 radical (unpaired) electrons. The quantitative estimate of drug-likeness (QED) is 0.627. The van der Waals surface area contributed by atoms with Gasteiger partial charge in [0.05, 0.1) is 5.60 Å². The lowest BCUT2D eigenvalue weighted by atomic mass is 9.95. The third-order valence-electron chi connectivity index (χ3n) is 3.32. The summed E-state index contributed by atoms with van der Waals surface area (Å²) in [7, 11) is 0. The van der Waals surface area contributed by atoms with Gasteiger partial charge in [0.25, 0.3) is 0 Å². The van der Waals surface area contributed by atoms with Gasteiger partial charge < -0.3 is 15.7 Å². The Kier molecular flexibility index (Phi) is 3.90. The van der Waals surface area contributed by atoms with Gasteiger partial charge in [-0.05, 0) is 43.5 Å². The molecule has 1 aromatic rings. The lowest BCUT2D eigenvalue weighted by Gasteiger charge is -2.36. The van der Waals surface area contributed by atoms with Gasteiger partial charge in [-0.25, -0.2) is 0 Å². The van der Waals surface area contributed by atoms with Gasteiger partial charge in [0.1, 0.15) is 0 Å². The molecule has 1 unspecified atom stereocenters. The van der Waals surface area contributed by atoms with Gasteiger partial charge >= 0.3 is 0 Å². The number of rotatable bonds is 2. The van der Waals surface area contributed by atoms with E-state index in [0.717, 1.165) is 18.4 Å². The molecule has 1 fully saturated rings. The zero-order valence-electron chi connectivity index (χ0n) is 11.2. The van der Waals surface area contributed by atoms with E-state index in [1.54, 1.807) is 24.0 Å². The number of hydrogen-bond acceptors (Lipinski definition) is 3. The molecule has 0 aliphatic carbocycles. The van der Waals surface area contributed by atoms with E-state index in [9.17, 15) is 9.90 Å². The molecule has 1 amide bonds. The molecule has 1 aliphatic rings. The van der Waals surface area contributed by atoms with Crippen LogP contribution in [0.3, 0.4) is 0 Å². The number of likely N-dealkylation sites (tertiary alicyclic amines) is 1. The molecule has 1 heterocycles. The maximum atomic E-state index is 12.0. The van der Waals surface area contributed by atoms with E-state index in [1.807, 2.05) is 18.2 Å². The molecule has 4 nitrogen and oxygen atoms in total. The Balaban J connectivity index is 2.01. The molecule has 102 valence electrons. The Morgan fingerprint density at radius 2 is 2.32 bits per heavy atom. The normalized spacial score (nSPS) is 23.8. The molecular weight excluding hydrogens is 240 g/mol. The van der Waals surface area contributed by atoms with Gasteiger partial charge in [0.15, 0.2) is 0 Å². The average Bonchev–Trinajstić information content (AvgIpc) is 2.35. The highest BCUT2D eigenvalue weighted by Crippen LogP contribution is 2.20. The standard InChI is InChI=1S/C15H20N2O2/c1-15(19)8-3-9-17(11-15)14(18)7-6-12-4-2-5-13(16)10-12/h2,4-7,10,19H,3,8-9,11,16H2,1H3/b7-6+. The summed E-state index contributed by atoms with van der Waals surface area (Å²) in [5, 5.41) is 9.98. The number of nitrogens with two attached hydrogens (primary N) is 1. The molecule has 2 rings (SSSR count). The topological polar surface area (TPSA) is 66.6 Å². The minimum atomic E-state index is -0.765. The number of nitrogens with zero attached hydrogens (tertiary/aromatic N) is 1. The monoisotopic (exact) mass is 260 g/mol. The lowest BCUT2D eigenvalue weighted by molar-refractivity contribution is -0.132. The average molecular weight is 260 g/mol. The second-order valence-corrected chi connectivity index (χ2v) is 5.36. The zero-order chi connectivity index (χ0) is 13.9. The number of nitrogen functional groups attached to an aromatic ring is 1. The summed E-state index contributed by atoms with van der Waals surface area (Å²) in [6.07, 6.45) is 4.87. The van der Waals surface area contributed by atoms with E-state index in [2.05, 4.69) is 0 Å². The summed E-state index contributed by atoms with van der Waals surface area (Å²) >= 11 is 0. The van der Waals surface area contributed by atoms with Gasteiger partial charge in [-0.3, -0.25) is 4.79 Å². The first-order chi connectivity index (χ1) is 8.96. The molecule has 0 saturated carbocycles. The molecule has 0 aromatic heterocycles. The van der Waals surface area contributed by atoms with Crippen LogP contribution in [0.5, 0.6) is 0 Å². The van der Waals surface area contributed by atoms with Crippen molar-refractivity contribution in [2.75, 3.05) is 18.8 Å². The number of carbonyl (C=O) groups is 1.